The fraction of sp³-hybridized carbons (Fsp3) is 0.375. The standard InChI is InChI=1S/C8H13N5O2/c1-13-5-6(4-11-13)8(14)10-3-2-7(9)12-15/h4-5,15H,2-3H2,1H3,(H2,9,12)(H,10,14). The molecular weight excluding hydrogens is 198 g/mol. The van der Waals surface area contributed by atoms with Gasteiger partial charge in [-0.3, -0.25) is 9.48 Å². The Morgan fingerprint density at radius 1 is 1.80 bits per heavy atom. The SMILES string of the molecule is Cn1cc(C(=O)NCCC(N)=NO)cn1. The predicted octanol–water partition coefficient (Wildman–Crippen LogP) is -0.714. The van der Waals surface area contributed by atoms with E-state index in [4.69, 9.17) is 10.9 Å². The Kier molecular flexibility index (Phi) is 3.67. The summed E-state index contributed by atoms with van der Waals surface area (Å²) < 4.78 is 1.54. The van der Waals surface area contributed by atoms with Gasteiger partial charge < -0.3 is 16.3 Å². The predicted molar refractivity (Wildman–Crippen MR) is 53.6 cm³/mol. The quantitative estimate of drug-likeness (QED) is 0.264. The lowest BCUT2D eigenvalue weighted by Gasteiger charge is -2.01. The molecule has 82 valence electrons. The van der Waals surface area contributed by atoms with Crippen molar-refractivity contribution in [3.8, 4) is 0 Å². The van der Waals surface area contributed by atoms with Crippen LogP contribution in [-0.2, 0) is 7.05 Å². The van der Waals surface area contributed by atoms with Crippen LogP contribution in [0.1, 0.15) is 16.8 Å². The summed E-state index contributed by atoms with van der Waals surface area (Å²) in [5.41, 5.74) is 5.72. The van der Waals surface area contributed by atoms with Gasteiger partial charge in [-0.1, -0.05) is 5.16 Å². The highest BCUT2D eigenvalue weighted by molar-refractivity contribution is 5.94. The molecule has 1 aromatic heterocycles. The summed E-state index contributed by atoms with van der Waals surface area (Å²) in [5.74, 6) is -0.143. The van der Waals surface area contributed by atoms with Crippen molar-refractivity contribution in [2.45, 2.75) is 6.42 Å². The van der Waals surface area contributed by atoms with Crippen molar-refractivity contribution in [1.82, 2.24) is 15.1 Å². The van der Waals surface area contributed by atoms with Gasteiger partial charge in [-0.25, -0.2) is 0 Å². The van der Waals surface area contributed by atoms with Crippen LogP contribution in [0.3, 0.4) is 0 Å². The minimum Gasteiger partial charge on any atom is -0.409 e. The Morgan fingerprint density at radius 2 is 2.53 bits per heavy atom. The number of hydrogen-bond donors (Lipinski definition) is 3. The number of hydrogen-bond acceptors (Lipinski definition) is 4. The molecule has 4 N–H and O–H groups in total. The Hall–Kier alpha value is -2.05. The Balaban J connectivity index is 2.37. The van der Waals surface area contributed by atoms with Crippen molar-refractivity contribution >= 4 is 11.7 Å². The molecule has 0 spiro atoms. The number of oxime groups is 1. The first-order chi connectivity index (χ1) is 7.13. The van der Waals surface area contributed by atoms with E-state index in [1.54, 1.807) is 17.9 Å². The van der Waals surface area contributed by atoms with Gasteiger partial charge in [0, 0.05) is 26.2 Å². The molecule has 7 heteroatoms. The van der Waals surface area contributed by atoms with Crippen molar-refractivity contribution < 1.29 is 10.0 Å². The van der Waals surface area contributed by atoms with Crippen LogP contribution >= 0.6 is 0 Å². The first-order valence-corrected chi connectivity index (χ1v) is 4.36. The summed E-state index contributed by atoms with van der Waals surface area (Å²) in [7, 11) is 1.73. The molecule has 0 aliphatic rings. The minimum absolute atomic E-state index is 0.0847. The fourth-order valence-corrected chi connectivity index (χ4v) is 0.995. The maximum Gasteiger partial charge on any atom is 0.254 e. The van der Waals surface area contributed by atoms with Crippen molar-refractivity contribution in [3.63, 3.8) is 0 Å². The molecule has 0 aromatic carbocycles. The van der Waals surface area contributed by atoms with Gasteiger partial charge in [-0.2, -0.15) is 5.10 Å². The second-order valence-corrected chi connectivity index (χ2v) is 3.00. The Morgan fingerprint density at radius 3 is 3.07 bits per heavy atom. The molecule has 0 saturated carbocycles. The number of amidine groups is 1. The topological polar surface area (TPSA) is 106 Å². The van der Waals surface area contributed by atoms with Gasteiger partial charge in [0.25, 0.3) is 5.91 Å². The molecule has 1 amide bonds. The Bertz CT molecular complexity index is 371. The molecule has 1 heterocycles. The molecule has 1 aromatic rings. The van der Waals surface area contributed by atoms with Crippen LogP contribution in [0.5, 0.6) is 0 Å². The molecule has 0 radical (unpaired) electrons. The van der Waals surface area contributed by atoms with Gasteiger partial charge in [0.05, 0.1) is 11.8 Å². The molecule has 15 heavy (non-hydrogen) atoms. The molecule has 1 rings (SSSR count). The highest BCUT2D eigenvalue weighted by Gasteiger charge is 2.06. The zero-order chi connectivity index (χ0) is 11.3. The van der Waals surface area contributed by atoms with Gasteiger partial charge >= 0.3 is 0 Å². The molecule has 0 unspecified atom stereocenters. The maximum absolute atomic E-state index is 11.4. The van der Waals surface area contributed by atoms with E-state index in [1.165, 1.54) is 6.20 Å². The average molecular weight is 211 g/mol. The third kappa shape index (κ3) is 3.29. The van der Waals surface area contributed by atoms with E-state index < -0.39 is 0 Å². The van der Waals surface area contributed by atoms with Crippen molar-refractivity contribution in [3.05, 3.63) is 18.0 Å². The summed E-state index contributed by atoms with van der Waals surface area (Å²) >= 11 is 0. The van der Waals surface area contributed by atoms with Gasteiger partial charge in [0.15, 0.2) is 0 Å². The van der Waals surface area contributed by atoms with Crippen molar-refractivity contribution in [1.29, 1.82) is 0 Å². The number of aryl methyl sites for hydroxylation is 1. The van der Waals surface area contributed by atoms with Crippen LogP contribution in [0.15, 0.2) is 17.5 Å². The first kappa shape index (κ1) is 11.0. The lowest BCUT2D eigenvalue weighted by molar-refractivity contribution is 0.0954. The number of nitrogens with zero attached hydrogens (tertiary/aromatic N) is 3. The average Bonchev–Trinajstić information content (AvgIpc) is 2.64. The maximum atomic E-state index is 11.4. The number of nitrogens with two attached hydrogens (primary N) is 1. The second-order valence-electron chi connectivity index (χ2n) is 3.00. The molecule has 0 atom stereocenters. The summed E-state index contributed by atoms with van der Waals surface area (Å²) in [6.07, 6.45) is 3.39. The van der Waals surface area contributed by atoms with E-state index in [0.717, 1.165) is 0 Å². The van der Waals surface area contributed by atoms with Crippen LogP contribution in [-0.4, -0.2) is 33.3 Å². The molecule has 0 bridgehead atoms. The van der Waals surface area contributed by atoms with Gasteiger partial charge in [0.1, 0.15) is 5.84 Å². The third-order valence-electron chi connectivity index (χ3n) is 1.76. The smallest absolute Gasteiger partial charge is 0.254 e. The number of carbonyl (C=O) groups is 1. The Labute approximate surface area is 86.6 Å². The zero-order valence-corrected chi connectivity index (χ0v) is 8.34. The van der Waals surface area contributed by atoms with E-state index in [0.29, 0.717) is 18.5 Å². The van der Waals surface area contributed by atoms with E-state index in [2.05, 4.69) is 15.6 Å². The normalized spacial score (nSPS) is 11.4. The van der Waals surface area contributed by atoms with Crippen LogP contribution < -0.4 is 11.1 Å². The highest BCUT2D eigenvalue weighted by Crippen LogP contribution is 1.95. The summed E-state index contributed by atoms with van der Waals surface area (Å²) in [4.78, 5) is 11.4. The molecule has 0 fully saturated rings. The largest absolute Gasteiger partial charge is 0.409 e. The van der Waals surface area contributed by atoms with Crippen LogP contribution in [0.2, 0.25) is 0 Å². The van der Waals surface area contributed by atoms with E-state index >= 15 is 0 Å². The van der Waals surface area contributed by atoms with E-state index in [9.17, 15) is 4.79 Å². The summed E-state index contributed by atoms with van der Waals surface area (Å²) in [6, 6.07) is 0. The minimum atomic E-state index is -0.228. The number of amides is 1. The van der Waals surface area contributed by atoms with Crippen molar-refractivity contribution in [2.75, 3.05) is 6.54 Å². The highest BCUT2D eigenvalue weighted by atomic mass is 16.4. The van der Waals surface area contributed by atoms with Gasteiger partial charge in [-0.05, 0) is 0 Å². The van der Waals surface area contributed by atoms with Crippen LogP contribution in [0.25, 0.3) is 0 Å². The lowest BCUT2D eigenvalue weighted by Crippen LogP contribution is -2.27. The van der Waals surface area contributed by atoms with E-state index in [-0.39, 0.29) is 11.7 Å². The van der Waals surface area contributed by atoms with Crippen molar-refractivity contribution in [2.24, 2.45) is 17.9 Å². The van der Waals surface area contributed by atoms with Gasteiger partial charge in [-0.15, -0.1) is 0 Å². The molecular formula is C8H13N5O2. The van der Waals surface area contributed by atoms with Gasteiger partial charge in [0.2, 0.25) is 0 Å². The number of nitrogens with one attached hydrogen (secondary N) is 1. The van der Waals surface area contributed by atoms with Crippen LogP contribution in [0.4, 0.5) is 0 Å². The second kappa shape index (κ2) is 4.99. The van der Waals surface area contributed by atoms with E-state index in [1.807, 2.05) is 0 Å². The summed E-state index contributed by atoms with van der Waals surface area (Å²) in [5, 5.41) is 17.5. The summed E-state index contributed by atoms with van der Waals surface area (Å²) in [6.45, 7) is 0.323. The first-order valence-electron chi connectivity index (χ1n) is 4.36. The lowest BCUT2D eigenvalue weighted by atomic mass is 10.3. The number of aromatic nitrogens is 2. The monoisotopic (exact) mass is 211 g/mol. The third-order valence-corrected chi connectivity index (χ3v) is 1.76. The zero-order valence-electron chi connectivity index (χ0n) is 8.34. The number of carbonyl (C=O) groups excluding carboxylic acids is 1. The molecule has 0 aliphatic heterocycles. The molecule has 7 nitrogen and oxygen atoms in total. The fourth-order valence-electron chi connectivity index (χ4n) is 0.995. The number of rotatable bonds is 4. The molecule has 0 aliphatic carbocycles. The van der Waals surface area contributed by atoms with Crippen LogP contribution in [0, 0.1) is 0 Å². The molecule has 0 saturated heterocycles.